The summed E-state index contributed by atoms with van der Waals surface area (Å²) in [5.74, 6) is -0.672. The second-order valence-electron chi connectivity index (χ2n) is 5.81. The minimum atomic E-state index is -3.93. The van der Waals surface area contributed by atoms with Gasteiger partial charge in [-0.05, 0) is 19.1 Å². The second kappa shape index (κ2) is 5.77. The SMILES string of the molecule is Cc1nc(C(C)(C)C)sc1C(=O)NS(=O)(=O)c1cccnc1. The van der Waals surface area contributed by atoms with Crippen molar-refractivity contribution in [2.75, 3.05) is 0 Å². The molecule has 0 radical (unpaired) electrons. The van der Waals surface area contributed by atoms with Crippen molar-refractivity contribution < 1.29 is 13.2 Å². The third-order valence-electron chi connectivity index (χ3n) is 2.82. The zero-order valence-electron chi connectivity index (χ0n) is 12.7. The first-order valence-corrected chi connectivity index (χ1v) is 8.86. The molecule has 2 rings (SSSR count). The van der Waals surface area contributed by atoms with E-state index in [4.69, 9.17) is 0 Å². The lowest BCUT2D eigenvalue weighted by molar-refractivity contribution is 0.0984. The molecular weight excluding hydrogens is 322 g/mol. The quantitative estimate of drug-likeness (QED) is 0.926. The van der Waals surface area contributed by atoms with E-state index in [1.165, 1.54) is 35.9 Å². The highest BCUT2D eigenvalue weighted by Gasteiger charge is 2.26. The van der Waals surface area contributed by atoms with Gasteiger partial charge in [-0.2, -0.15) is 0 Å². The summed E-state index contributed by atoms with van der Waals surface area (Å²) in [6, 6.07) is 2.87. The van der Waals surface area contributed by atoms with Crippen LogP contribution in [-0.2, 0) is 15.4 Å². The number of pyridine rings is 1. The van der Waals surface area contributed by atoms with E-state index in [0.29, 0.717) is 10.6 Å². The van der Waals surface area contributed by atoms with E-state index in [1.807, 2.05) is 20.8 Å². The fourth-order valence-electron chi connectivity index (χ4n) is 1.66. The summed E-state index contributed by atoms with van der Waals surface area (Å²) in [6.07, 6.45) is 2.65. The number of rotatable bonds is 3. The maximum Gasteiger partial charge on any atom is 0.276 e. The summed E-state index contributed by atoms with van der Waals surface area (Å²) >= 11 is 1.21. The van der Waals surface area contributed by atoms with Crippen LogP contribution in [0.3, 0.4) is 0 Å². The highest BCUT2D eigenvalue weighted by molar-refractivity contribution is 7.90. The van der Waals surface area contributed by atoms with Gasteiger partial charge in [0.15, 0.2) is 0 Å². The lowest BCUT2D eigenvalue weighted by Gasteiger charge is -2.13. The zero-order chi connectivity index (χ0) is 16.5. The molecule has 2 heterocycles. The number of nitrogens with one attached hydrogen (secondary N) is 1. The van der Waals surface area contributed by atoms with E-state index in [2.05, 4.69) is 14.7 Å². The average molecular weight is 339 g/mol. The molecule has 8 heteroatoms. The molecule has 6 nitrogen and oxygen atoms in total. The Hall–Kier alpha value is -1.80. The minimum absolute atomic E-state index is 0.0541. The van der Waals surface area contributed by atoms with Gasteiger partial charge in [-0.15, -0.1) is 11.3 Å². The van der Waals surface area contributed by atoms with Crippen LogP contribution in [0.5, 0.6) is 0 Å². The van der Waals surface area contributed by atoms with Crippen LogP contribution < -0.4 is 4.72 Å². The molecule has 0 saturated heterocycles. The Morgan fingerprint density at radius 3 is 2.50 bits per heavy atom. The van der Waals surface area contributed by atoms with E-state index in [0.717, 1.165) is 5.01 Å². The molecule has 0 aliphatic heterocycles. The number of aromatic nitrogens is 2. The van der Waals surface area contributed by atoms with Crippen LogP contribution in [0.4, 0.5) is 0 Å². The zero-order valence-corrected chi connectivity index (χ0v) is 14.4. The predicted molar refractivity (Wildman–Crippen MR) is 84.4 cm³/mol. The standard InChI is InChI=1S/C14H17N3O3S2/c1-9-11(21-13(16-9)14(2,3)4)12(18)17-22(19,20)10-6-5-7-15-8-10/h5-8H,1-4H3,(H,17,18). The van der Waals surface area contributed by atoms with Crippen molar-refractivity contribution in [3.63, 3.8) is 0 Å². The summed E-state index contributed by atoms with van der Waals surface area (Å²) < 4.78 is 26.3. The van der Waals surface area contributed by atoms with Crippen LogP contribution in [0.1, 0.15) is 41.1 Å². The van der Waals surface area contributed by atoms with E-state index in [9.17, 15) is 13.2 Å². The predicted octanol–water partition coefficient (Wildman–Crippen LogP) is 2.26. The highest BCUT2D eigenvalue weighted by atomic mass is 32.2. The van der Waals surface area contributed by atoms with Crippen molar-refractivity contribution in [2.24, 2.45) is 0 Å². The number of carbonyl (C=O) groups excluding carboxylic acids is 1. The Bertz CT molecular complexity index is 790. The molecule has 22 heavy (non-hydrogen) atoms. The van der Waals surface area contributed by atoms with Crippen LogP contribution in [0.15, 0.2) is 29.4 Å². The lowest BCUT2D eigenvalue weighted by Crippen LogP contribution is -2.30. The molecule has 118 valence electrons. The molecule has 0 aromatic carbocycles. The normalized spacial score (nSPS) is 12.2. The number of thiazole rings is 1. The van der Waals surface area contributed by atoms with Crippen LogP contribution in [0.2, 0.25) is 0 Å². The number of nitrogens with zero attached hydrogens (tertiary/aromatic N) is 2. The molecule has 2 aromatic heterocycles. The maximum absolute atomic E-state index is 12.3. The van der Waals surface area contributed by atoms with Crippen molar-refractivity contribution in [3.05, 3.63) is 40.1 Å². The highest BCUT2D eigenvalue weighted by Crippen LogP contribution is 2.29. The van der Waals surface area contributed by atoms with E-state index in [-0.39, 0.29) is 10.3 Å². The molecule has 0 unspecified atom stereocenters. The number of aryl methyl sites for hydroxylation is 1. The van der Waals surface area contributed by atoms with Gasteiger partial charge >= 0.3 is 0 Å². The van der Waals surface area contributed by atoms with Crippen molar-refractivity contribution in [1.82, 2.24) is 14.7 Å². The van der Waals surface area contributed by atoms with Crippen LogP contribution >= 0.6 is 11.3 Å². The van der Waals surface area contributed by atoms with Gasteiger partial charge in [0.05, 0.1) is 10.7 Å². The smallest absolute Gasteiger partial charge is 0.267 e. The van der Waals surface area contributed by atoms with E-state index in [1.54, 1.807) is 6.92 Å². The van der Waals surface area contributed by atoms with Gasteiger partial charge in [0.25, 0.3) is 15.9 Å². The number of amides is 1. The molecule has 0 saturated carbocycles. The van der Waals surface area contributed by atoms with Crippen molar-refractivity contribution in [2.45, 2.75) is 38.0 Å². The van der Waals surface area contributed by atoms with Crippen molar-refractivity contribution in [1.29, 1.82) is 0 Å². The first kappa shape index (κ1) is 16.6. The van der Waals surface area contributed by atoms with Crippen LogP contribution in [0, 0.1) is 6.92 Å². The summed E-state index contributed by atoms with van der Waals surface area (Å²) in [5.41, 5.74) is 0.324. The van der Waals surface area contributed by atoms with Crippen molar-refractivity contribution in [3.8, 4) is 0 Å². The summed E-state index contributed by atoms with van der Waals surface area (Å²) in [4.78, 5) is 20.6. The van der Waals surface area contributed by atoms with Crippen LogP contribution in [-0.4, -0.2) is 24.3 Å². The minimum Gasteiger partial charge on any atom is -0.267 e. The maximum atomic E-state index is 12.3. The Kier molecular flexibility index (Phi) is 4.35. The Balaban J connectivity index is 2.29. The summed E-state index contributed by atoms with van der Waals surface area (Å²) in [7, 11) is -3.93. The molecule has 0 fully saturated rings. The van der Waals surface area contributed by atoms with Gasteiger partial charge < -0.3 is 0 Å². The molecule has 2 aromatic rings. The van der Waals surface area contributed by atoms with E-state index >= 15 is 0 Å². The van der Waals surface area contributed by atoms with Gasteiger partial charge in [-0.3, -0.25) is 9.78 Å². The molecular formula is C14H17N3O3S2. The molecule has 0 bridgehead atoms. The second-order valence-corrected chi connectivity index (χ2v) is 8.49. The Morgan fingerprint density at radius 2 is 2.00 bits per heavy atom. The fraction of sp³-hybridized carbons (Fsp3) is 0.357. The number of sulfonamides is 1. The molecule has 1 amide bonds. The molecule has 0 aliphatic carbocycles. The molecule has 0 aliphatic rings. The van der Waals surface area contributed by atoms with Crippen molar-refractivity contribution >= 4 is 27.3 Å². The van der Waals surface area contributed by atoms with Gasteiger partial charge in [-0.25, -0.2) is 18.1 Å². The molecule has 0 atom stereocenters. The van der Waals surface area contributed by atoms with E-state index < -0.39 is 15.9 Å². The fourth-order valence-corrected chi connectivity index (χ4v) is 3.67. The third-order valence-corrected chi connectivity index (χ3v) is 5.71. The number of hydrogen-bond donors (Lipinski definition) is 1. The van der Waals surface area contributed by atoms with Gasteiger partial charge in [0, 0.05) is 17.8 Å². The molecule has 1 N–H and O–H groups in total. The van der Waals surface area contributed by atoms with Crippen LogP contribution in [0.25, 0.3) is 0 Å². The number of carbonyl (C=O) groups is 1. The van der Waals surface area contributed by atoms with Gasteiger partial charge in [-0.1, -0.05) is 20.8 Å². The monoisotopic (exact) mass is 339 g/mol. The average Bonchev–Trinajstić information content (AvgIpc) is 2.81. The van der Waals surface area contributed by atoms with Gasteiger partial charge in [0.2, 0.25) is 0 Å². The number of hydrogen-bond acceptors (Lipinski definition) is 6. The topological polar surface area (TPSA) is 89.0 Å². The van der Waals surface area contributed by atoms with Gasteiger partial charge in [0.1, 0.15) is 9.77 Å². The third kappa shape index (κ3) is 3.50. The summed E-state index contributed by atoms with van der Waals surface area (Å²) in [6.45, 7) is 7.65. The molecule has 0 spiro atoms. The lowest BCUT2D eigenvalue weighted by atomic mass is 9.98. The largest absolute Gasteiger partial charge is 0.276 e. The Labute approximate surface area is 133 Å². The Morgan fingerprint density at radius 1 is 1.32 bits per heavy atom. The first-order valence-electron chi connectivity index (χ1n) is 6.56. The summed E-state index contributed by atoms with van der Waals surface area (Å²) in [5, 5.41) is 0.786. The first-order chi connectivity index (χ1) is 10.1.